The largest absolute Gasteiger partial charge is 0.464 e. The Hall–Kier alpha value is -3.56. The van der Waals surface area contributed by atoms with Crippen LogP contribution in [0.25, 0.3) is 11.0 Å². The maximum absolute atomic E-state index is 14.0. The average molecular weight is 597 g/mol. The van der Waals surface area contributed by atoms with Gasteiger partial charge in [0.2, 0.25) is 18.6 Å². The molecule has 0 bridgehead atoms. The molecule has 3 aromatic rings. The summed E-state index contributed by atoms with van der Waals surface area (Å²) in [6.07, 6.45) is 7.39. The molecule has 3 heterocycles. The molecule has 10 heteroatoms. The van der Waals surface area contributed by atoms with Gasteiger partial charge in [0.1, 0.15) is 5.58 Å². The van der Waals surface area contributed by atoms with Crippen LogP contribution in [0.15, 0.2) is 51.9 Å². The summed E-state index contributed by atoms with van der Waals surface area (Å²) >= 11 is 6.15. The molecule has 0 spiro atoms. The molecule has 2 aromatic carbocycles. The fraction of sp³-hybridized carbons (Fsp3) is 0.469. The lowest BCUT2D eigenvalue weighted by atomic mass is 10.1. The molecule has 5 rings (SSSR count). The number of hydrogen-bond donors (Lipinski definition) is 0. The van der Waals surface area contributed by atoms with Crippen molar-refractivity contribution >= 4 is 34.4 Å². The fourth-order valence-electron chi connectivity index (χ4n) is 5.36. The molecule has 1 saturated heterocycles. The van der Waals surface area contributed by atoms with Gasteiger partial charge in [-0.05, 0) is 55.2 Å². The molecule has 2 aliphatic rings. The number of halogens is 1. The van der Waals surface area contributed by atoms with Crippen molar-refractivity contribution in [1.29, 1.82) is 0 Å². The first-order valence-corrected chi connectivity index (χ1v) is 15.0. The lowest BCUT2D eigenvalue weighted by Crippen LogP contribution is -2.45. The number of benzene rings is 2. The minimum Gasteiger partial charge on any atom is -0.464 e. The number of amides is 2. The monoisotopic (exact) mass is 596 g/mol. The van der Waals surface area contributed by atoms with Crippen molar-refractivity contribution in [3.63, 3.8) is 0 Å². The summed E-state index contributed by atoms with van der Waals surface area (Å²) < 4.78 is 22.5. The van der Waals surface area contributed by atoms with Crippen LogP contribution in [-0.4, -0.2) is 54.2 Å². The fourth-order valence-corrected chi connectivity index (χ4v) is 5.54. The standard InChI is InChI=1S/C32H37ClN2O7/c1-2-3-4-5-8-30(36)35(18-25-7-6-13-39-25)19-31(37)34(16-22-9-11-28-29(14-22)42-21-41-28)17-23-20-40-27-12-10-24(33)15-26(27)32(23)38/h9-12,14-15,20,25H,2-8,13,16-19,21H2,1H3. The molecule has 1 atom stereocenters. The van der Waals surface area contributed by atoms with Crippen LogP contribution in [0.3, 0.4) is 0 Å². The van der Waals surface area contributed by atoms with Crippen LogP contribution in [0, 0.1) is 0 Å². The molecule has 1 fully saturated rings. The Bertz CT molecular complexity index is 1470. The van der Waals surface area contributed by atoms with Crippen LogP contribution >= 0.6 is 11.6 Å². The Balaban J connectivity index is 1.39. The summed E-state index contributed by atoms with van der Waals surface area (Å²) in [5.41, 5.74) is 1.27. The van der Waals surface area contributed by atoms with Gasteiger partial charge in [-0.1, -0.05) is 43.9 Å². The first-order valence-electron chi connectivity index (χ1n) is 14.7. The van der Waals surface area contributed by atoms with E-state index in [4.69, 9.17) is 30.2 Å². The number of unbranched alkanes of at least 4 members (excludes halogenated alkanes) is 3. The van der Waals surface area contributed by atoms with Gasteiger partial charge in [-0.2, -0.15) is 0 Å². The van der Waals surface area contributed by atoms with Crippen molar-refractivity contribution in [3.05, 3.63) is 69.0 Å². The van der Waals surface area contributed by atoms with E-state index in [0.29, 0.717) is 52.6 Å². The zero-order valence-electron chi connectivity index (χ0n) is 23.9. The van der Waals surface area contributed by atoms with Gasteiger partial charge < -0.3 is 28.4 Å². The highest BCUT2D eigenvalue weighted by Gasteiger charge is 2.27. The number of nitrogens with zero attached hydrogens (tertiary/aromatic N) is 2. The summed E-state index contributed by atoms with van der Waals surface area (Å²) in [6.45, 7) is 3.38. The molecule has 1 unspecified atom stereocenters. The molecule has 1 aromatic heterocycles. The van der Waals surface area contributed by atoms with Crippen molar-refractivity contribution in [2.24, 2.45) is 0 Å². The summed E-state index contributed by atoms with van der Waals surface area (Å²) in [7, 11) is 0. The molecule has 0 radical (unpaired) electrons. The molecule has 2 aliphatic heterocycles. The quantitative estimate of drug-likeness (QED) is 0.234. The number of hydrogen-bond acceptors (Lipinski definition) is 7. The minimum atomic E-state index is -0.279. The van der Waals surface area contributed by atoms with Crippen LogP contribution in [0.2, 0.25) is 5.02 Å². The van der Waals surface area contributed by atoms with Gasteiger partial charge in [0.05, 0.1) is 36.4 Å². The van der Waals surface area contributed by atoms with E-state index in [-0.39, 0.29) is 49.8 Å². The third-order valence-corrected chi connectivity index (χ3v) is 7.94. The number of rotatable bonds is 13. The molecule has 0 aliphatic carbocycles. The van der Waals surface area contributed by atoms with Crippen molar-refractivity contribution in [3.8, 4) is 11.5 Å². The van der Waals surface area contributed by atoms with Gasteiger partial charge in [0, 0.05) is 31.1 Å². The summed E-state index contributed by atoms with van der Waals surface area (Å²) in [4.78, 5) is 43.9. The average Bonchev–Trinajstić information content (AvgIpc) is 3.68. The zero-order chi connectivity index (χ0) is 29.5. The van der Waals surface area contributed by atoms with E-state index >= 15 is 0 Å². The third kappa shape index (κ3) is 7.44. The van der Waals surface area contributed by atoms with Gasteiger partial charge in [0.25, 0.3) is 0 Å². The first-order chi connectivity index (χ1) is 20.4. The van der Waals surface area contributed by atoms with Crippen molar-refractivity contribution in [1.82, 2.24) is 9.80 Å². The van der Waals surface area contributed by atoms with E-state index in [1.54, 1.807) is 34.1 Å². The second-order valence-electron chi connectivity index (χ2n) is 10.9. The van der Waals surface area contributed by atoms with E-state index in [0.717, 1.165) is 44.1 Å². The Morgan fingerprint density at radius 3 is 2.64 bits per heavy atom. The van der Waals surface area contributed by atoms with E-state index in [9.17, 15) is 14.4 Å². The lowest BCUT2D eigenvalue weighted by molar-refractivity contribution is -0.142. The number of ether oxygens (including phenoxy) is 3. The Morgan fingerprint density at radius 1 is 0.976 bits per heavy atom. The van der Waals surface area contributed by atoms with Gasteiger partial charge in [-0.15, -0.1) is 0 Å². The van der Waals surface area contributed by atoms with Gasteiger partial charge in [-0.3, -0.25) is 14.4 Å². The normalized spacial score (nSPS) is 15.7. The molecule has 2 amide bonds. The first kappa shape index (κ1) is 29.9. The van der Waals surface area contributed by atoms with Gasteiger partial charge >= 0.3 is 0 Å². The van der Waals surface area contributed by atoms with Crippen LogP contribution in [0.4, 0.5) is 0 Å². The highest BCUT2D eigenvalue weighted by atomic mass is 35.5. The predicted molar refractivity (Wildman–Crippen MR) is 159 cm³/mol. The molecular formula is C32H37ClN2O7. The maximum Gasteiger partial charge on any atom is 0.242 e. The van der Waals surface area contributed by atoms with E-state index in [1.165, 1.54) is 6.26 Å². The second-order valence-corrected chi connectivity index (χ2v) is 11.3. The van der Waals surface area contributed by atoms with Crippen molar-refractivity contribution in [2.75, 3.05) is 26.5 Å². The lowest BCUT2D eigenvalue weighted by Gasteiger charge is -2.29. The minimum absolute atomic E-state index is 0.00345. The van der Waals surface area contributed by atoms with E-state index in [1.807, 2.05) is 12.1 Å². The molecule has 42 heavy (non-hydrogen) atoms. The van der Waals surface area contributed by atoms with Crippen molar-refractivity contribution < 1.29 is 28.2 Å². The zero-order valence-corrected chi connectivity index (χ0v) is 24.7. The van der Waals surface area contributed by atoms with Crippen LogP contribution in [0.1, 0.15) is 63.0 Å². The van der Waals surface area contributed by atoms with Crippen LogP contribution < -0.4 is 14.9 Å². The van der Waals surface area contributed by atoms with Crippen LogP contribution in [0.5, 0.6) is 11.5 Å². The number of carbonyl (C=O) groups excluding carboxylic acids is 2. The molecule has 0 N–H and O–H groups in total. The second kappa shape index (κ2) is 14.1. The van der Waals surface area contributed by atoms with Gasteiger partial charge in [0.15, 0.2) is 16.9 Å². The number of fused-ring (bicyclic) bond motifs is 2. The molecule has 9 nitrogen and oxygen atoms in total. The molecule has 224 valence electrons. The predicted octanol–water partition coefficient (Wildman–Crippen LogP) is 5.68. The van der Waals surface area contributed by atoms with E-state index in [2.05, 4.69) is 6.92 Å². The van der Waals surface area contributed by atoms with Gasteiger partial charge in [-0.25, -0.2) is 0 Å². The topological polar surface area (TPSA) is 98.5 Å². The SMILES string of the molecule is CCCCCCC(=O)N(CC(=O)N(Cc1ccc2c(c1)OCO2)Cc1coc2ccc(Cl)cc2c1=O)CC1CCCO1. The summed E-state index contributed by atoms with van der Waals surface area (Å²) in [5.74, 6) is 0.901. The maximum atomic E-state index is 14.0. The highest BCUT2D eigenvalue weighted by molar-refractivity contribution is 6.31. The molecular weight excluding hydrogens is 560 g/mol. The highest BCUT2D eigenvalue weighted by Crippen LogP contribution is 2.33. The van der Waals surface area contributed by atoms with Crippen molar-refractivity contribution in [2.45, 2.75) is 71.1 Å². The van der Waals surface area contributed by atoms with Crippen LogP contribution in [-0.2, 0) is 27.4 Å². The number of carbonyl (C=O) groups is 2. The smallest absolute Gasteiger partial charge is 0.242 e. The Labute approximate surface area is 250 Å². The summed E-state index contributed by atoms with van der Waals surface area (Å²) in [5, 5.41) is 0.764. The summed E-state index contributed by atoms with van der Waals surface area (Å²) in [6, 6.07) is 10.4. The Morgan fingerprint density at radius 2 is 1.83 bits per heavy atom. The molecule has 0 saturated carbocycles. The Kier molecular flexibility index (Phi) is 10.0. The van der Waals surface area contributed by atoms with E-state index < -0.39 is 0 Å². The third-order valence-electron chi connectivity index (χ3n) is 7.70.